The molecular weight excluding hydrogens is 522 g/mol. The highest BCUT2D eigenvalue weighted by Crippen LogP contribution is 2.24. The smallest absolute Gasteiger partial charge is 0.243 e. The number of ether oxygens (including phenoxy) is 3. The third-order valence-electron chi connectivity index (χ3n) is 5.59. The number of rotatable bonds is 12. The van der Waals surface area contributed by atoms with E-state index in [2.05, 4.69) is 5.32 Å². The maximum Gasteiger partial charge on any atom is 0.243 e. The van der Waals surface area contributed by atoms with Crippen molar-refractivity contribution in [2.24, 2.45) is 0 Å². The number of hydrogen-bond donors (Lipinski definition) is 1. The summed E-state index contributed by atoms with van der Waals surface area (Å²) in [6, 6.07) is 11.5. The monoisotopic (exact) mass is 555 g/mol. The second kappa shape index (κ2) is 12.6. The molecule has 1 heterocycles. The fraction of sp³-hybridized carbons (Fsp3) is 0.458. The van der Waals surface area contributed by atoms with Gasteiger partial charge in [0.25, 0.3) is 0 Å². The summed E-state index contributed by atoms with van der Waals surface area (Å²) in [4.78, 5) is 12.9. The summed E-state index contributed by atoms with van der Waals surface area (Å²) in [5.74, 6) is 0.547. The number of hydrogen-bond acceptors (Lipinski definition) is 8. The lowest BCUT2D eigenvalue weighted by Gasteiger charge is -2.28. The zero-order chi connectivity index (χ0) is 27.1. The van der Waals surface area contributed by atoms with Crippen molar-refractivity contribution in [2.45, 2.75) is 24.8 Å². The van der Waals surface area contributed by atoms with Gasteiger partial charge in [-0.05, 0) is 62.4 Å². The predicted molar refractivity (Wildman–Crippen MR) is 139 cm³/mol. The van der Waals surface area contributed by atoms with E-state index < -0.39 is 32.0 Å². The zero-order valence-electron chi connectivity index (χ0n) is 21.1. The van der Waals surface area contributed by atoms with Gasteiger partial charge in [0, 0.05) is 13.1 Å². The first-order chi connectivity index (χ1) is 17.5. The topological polar surface area (TPSA) is 132 Å². The van der Waals surface area contributed by atoms with E-state index in [1.807, 2.05) is 6.92 Å². The summed E-state index contributed by atoms with van der Waals surface area (Å²) in [5, 5.41) is 2.68. The fourth-order valence-electron chi connectivity index (χ4n) is 3.80. The van der Waals surface area contributed by atoms with Crippen LogP contribution in [-0.4, -0.2) is 85.4 Å². The molecule has 11 nitrogen and oxygen atoms in total. The van der Waals surface area contributed by atoms with Crippen LogP contribution in [0.25, 0.3) is 0 Å². The summed E-state index contributed by atoms with van der Waals surface area (Å²) in [7, 11) is -7.34. The third kappa shape index (κ3) is 7.57. The number of carbonyl (C=O) groups is 1. The Kier molecular flexibility index (Phi) is 9.76. The number of benzene rings is 2. The van der Waals surface area contributed by atoms with E-state index >= 15 is 0 Å². The van der Waals surface area contributed by atoms with Crippen molar-refractivity contribution in [1.82, 2.24) is 9.62 Å². The van der Waals surface area contributed by atoms with Crippen LogP contribution in [0, 0.1) is 0 Å². The van der Waals surface area contributed by atoms with Crippen molar-refractivity contribution in [3.05, 3.63) is 48.5 Å². The van der Waals surface area contributed by atoms with Gasteiger partial charge in [-0.1, -0.05) is 0 Å². The predicted octanol–water partition coefficient (Wildman–Crippen LogP) is 1.46. The van der Waals surface area contributed by atoms with Crippen LogP contribution >= 0.6 is 0 Å². The average molecular weight is 556 g/mol. The lowest BCUT2D eigenvalue weighted by molar-refractivity contribution is -0.121. The van der Waals surface area contributed by atoms with Gasteiger partial charge in [-0.2, -0.15) is 4.31 Å². The molecule has 13 heteroatoms. The van der Waals surface area contributed by atoms with Crippen molar-refractivity contribution >= 4 is 31.6 Å². The van der Waals surface area contributed by atoms with Crippen LogP contribution in [0.2, 0.25) is 0 Å². The molecule has 204 valence electrons. The molecule has 37 heavy (non-hydrogen) atoms. The fourth-order valence-corrected chi connectivity index (χ4v) is 6.38. The highest BCUT2D eigenvalue weighted by Gasteiger charge is 2.29. The van der Waals surface area contributed by atoms with Crippen molar-refractivity contribution in [2.75, 3.05) is 56.6 Å². The lowest BCUT2D eigenvalue weighted by Crippen LogP contribution is -2.48. The van der Waals surface area contributed by atoms with E-state index in [-0.39, 0.29) is 18.0 Å². The molecule has 0 aliphatic carbocycles. The Bertz CT molecular complexity index is 1240. The molecule has 1 aliphatic heterocycles. The standard InChI is InChI=1S/C24H33N3O8S2/c1-4-34-21-7-5-20(6-8-21)27(36(3,29)30)19(2)24(28)25-13-16-35-22-9-11-23(12-10-22)37(31,32)26-14-17-33-18-15-26/h5-12,19H,4,13-18H2,1-3H3,(H,25,28). The van der Waals surface area contributed by atoms with Crippen LogP contribution in [0.15, 0.2) is 53.4 Å². The van der Waals surface area contributed by atoms with E-state index in [1.54, 1.807) is 36.4 Å². The average Bonchev–Trinajstić information content (AvgIpc) is 2.88. The first kappa shape index (κ1) is 28.7. The molecule has 0 aromatic heterocycles. The minimum atomic E-state index is -3.74. The van der Waals surface area contributed by atoms with Crippen molar-refractivity contribution in [3.63, 3.8) is 0 Å². The Morgan fingerprint density at radius 2 is 1.57 bits per heavy atom. The molecule has 0 spiro atoms. The third-order valence-corrected chi connectivity index (χ3v) is 8.75. The van der Waals surface area contributed by atoms with E-state index in [0.29, 0.717) is 50.1 Å². The van der Waals surface area contributed by atoms with E-state index in [4.69, 9.17) is 14.2 Å². The summed E-state index contributed by atoms with van der Waals surface area (Å²) in [6.07, 6.45) is 1.04. The highest BCUT2D eigenvalue weighted by molar-refractivity contribution is 7.92. The van der Waals surface area contributed by atoms with Gasteiger partial charge in [0.05, 0.1) is 43.2 Å². The molecule has 1 atom stereocenters. The second-order valence-corrected chi connectivity index (χ2v) is 12.1. The van der Waals surface area contributed by atoms with Gasteiger partial charge in [-0.25, -0.2) is 16.8 Å². The van der Waals surface area contributed by atoms with Crippen LogP contribution in [-0.2, 0) is 29.6 Å². The molecule has 1 saturated heterocycles. The molecule has 0 bridgehead atoms. The van der Waals surface area contributed by atoms with Gasteiger partial charge in [-0.3, -0.25) is 9.10 Å². The number of sulfonamides is 2. The number of carbonyl (C=O) groups excluding carboxylic acids is 1. The van der Waals surface area contributed by atoms with Crippen LogP contribution in [0.1, 0.15) is 13.8 Å². The number of anilines is 1. The number of nitrogens with one attached hydrogen (secondary N) is 1. The first-order valence-corrected chi connectivity index (χ1v) is 15.1. The molecule has 1 N–H and O–H groups in total. The normalized spacial score (nSPS) is 15.5. The maximum absolute atomic E-state index is 12.7. The molecule has 1 amide bonds. The molecule has 1 fully saturated rings. The van der Waals surface area contributed by atoms with Crippen molar-refractivity contribution in [3.8, 4) is 11.5 Å². The van der Waals surface area contributed by atoms with Crippen molar-refractivity contribution < 1.29 is 35.8 Å². The van der Waals surface area contributed by atoms with E-state index in [0.717, 1.165) is 10.6 Å². The molecule has 3 rings (SSSR count). The largest absolute Gasteiger partial charge is 0.494 e. The Hall–Kier alpha value is -2.87. The van der Waals surface area contributed by atoms with Gasteiger partial charge in [0.15, 0.2) is 0 Å². The summed E-state index contributed by atoms with van der Waals surface area (Å²) in [6.45, 7) is 5.42. The molecular formula is C24H33N3O8S2. The summed E-state index contributed by atoms with van der Waals surface area (Å²) < 4.78 is 68.9. The highest BCUT2D eigenvalue weighted by atomic mass is 32.2. The number of morpholine rings is 1. The van der Waals surface area contributed by atoms with Crippen LogP contribution in [0.4, 0.5) is 5.69 Å². The Balaban J connectivity index is 1.53. The summed E-state index contributed by atoms with van der Waals surface area (Å²) >= 11 is 0. The Labute approximate surface area is 218 Å². The van der Waals surface area contributed by atoms with Crippen molar-refractivity contribution in [1.29, 1.82) is 0 Å². The quantitative estimate of drug-likeness (QED) is 0.390. The molecule has 1 unspecified atom stereocenters. The minimum Gasteiger partial charge on any atom is -0.494 e. The van der Waals surface area contributed by atoms with E-state index in [1.165, 1.54) is 23.4 Å². The van der Waals surface area contributed by atoms with Crippen LogP contribution in [0.5, 0.6) is 11.5 Å². The van der Waals surface area contributed by atoms with Gasteiger partial charge in [0.1, 0.15) is 24.1 Å². The van der Waals surface area contributed by atoms with Crippen LogP contribution < -0.4 is 19.1 Å². The van der Waals surface area contributed by atoms with Gasteiger partial charge in [-0.15, -0.1) is 0 Å². The Morgan fingerprint density at radius 3 is 2.14 bits per heavy atom. The van der Waals surface area contributed by atoms with Gasteiger partial charge >= 0.3 is 0 Å². The van der Waals surface area contributed by atoms with Gasteiger partial charge < -0.3 is 19.5 Å². The molecule has 1 aliphatic rings. The first-order valence-electron chi connectivity index (χ1n) is 11.8. The minimum absolute atomic E-state index is 0.107. The number of amides is 1. The van der Waals surface area contributed by atoms with Gasteiger partial charge in [0.2, 0.25) is 26.0 Å². The SMILES string of the molecule is CCOc1ccc(N(C(C)C(=O)NCCOc2ccc(S(=O)(=O)N3CCOCC3)cc2)S(C)(=O)=O)cc1. The molecule has 2 aromatic rings. The molecule has 0 radical (unpaired) electrons. The maximum atomic E-state index is 12.7. The summed E-state index contributed by atoms with van der Waals surface area (Å²) in [5.41, 5.74) is 0.344. The van der Waals surface area contributed by atoms with E-state index in [9.17, 15) is 21.6 Å². The van der Waals surface area contributed by atoms with Crippen LogP contribution in [0.3, 0.4) is 0 Å². The molecule has 0 saturated carbocycles. The number of nitrogens with zero attached hydrogens (tertiary/aromatic N) is 2. The Morgan fingerprint density at radius 1 is 1.00 bits per heavy atom. The molecule has 2 aromatic carbocycles. The zero-order valence-corrected chi connectivity index (χ0v) is 22.8. The lowest BCUT2D eigenvalue weighted by atomic mass is 10.2. The second-order valence-electron chi connectivity index (χ2n) is 8.29.